The largest absolute Gasteiger partial charge is 0.198 e. The second-order valence-corrected chi connectivity index (χ2v) is 2.59. The van der Waals surface area contributed by atoms with Crippen LogP contribution < -0.4 is 0 Å². The molecule has 0 aliphatic heterocycles. The van der Waals surface area contributed by atoms with Gasteiger partial charge in [-0.2, -0.15) is 5.26 Å². The normalized spacial score (nSPS) is 43.4. The molecule has 0 spiro atoms. The van der Waals surface area contributed by atoms with Crippen LogP contribution in [0.1, 0.15) is 20.3 Å². The predicted octanol–water partition coefficient (Wildman–Crippen LogP) is 1.80. The molecular weight excluding hydrogens is 98.1 g/mol. The lowest BCUT2D eigenvalue weighted by atomic mass is 10.3. The lowest BCUT2D eigenvalue weighted by Gasteiger charge is -1.79. The minimum Gasteiger partial charge on any atom is -0.198 e. The molecule has 0 heterocycles. The van der Waals surface area contributed by atoms with Crippen LogP contribution in [0.2, 0.25) is 0 Å². The van der Waals surface area contributed by atoms with Gasteiger partial charge in [0.25, 0.3) is 0 Å². The summed E-state index contributed by atoms with van der Waals surface area (Å²) < 4.78 is 0. The number of nitriles is 1. The number of hydrogen-bond acceptors (Lipinski definition) is 1. The quantitative estimate of drug-likeness (QED) is 0.503. The van der Waals surface area contributed by atoms with E-state index in [1.165, 1.54) is 6.42 Å². The molecule has 0 amide bonds. The Kier molecular flexibility index (Phi) is 1.25. The summed E-state index contributed by atoms with van der Waals surface area (Å²) in [4.78, 5) is 0. The maximum Gasteiger partial charge on any atom is 0.0661 e. The first-order valence-electron chi connectivity index (χ1n) is 3.20. The smallest absolute Gasteiger partial charge is 0.0661 e. The van der Waals surface area contributed by atoms with Crippen molar-refractivity contribution in [2.24, 2.45) is 17.8 Å². The second-order valence-electron chi connectivity index (χ2n) is 2.59. The molecule has 0 aromatic rings. The van der Waals surface area contributed by atoms with E-state index < -0.39 is 0 Å². The van der Waals surface area contributed by atoms with Crippen molar-refractivity contribution in [3.05, 3.63) is 0 Å². The third-order valence-corrected chi connectivity index (χ3v) is 2.18. The highest BCUT2D eigenvalue weighted by atomic mass is 14.5. The van der Waals surface area contributed by atoms with Crippen molar-refractivity contribution in [2.75, 3.05) is 0 Å². The van der Waals surface area contributed by atoms with Gasteiger partial charge >= 0.3 is 0 Å². The Morgan fingerprint density at radius 3 is 2.38 bits per heavy atom. The van der Waals surface area contributed by atoms with Crippen LogP contribution in [0.15, 0.2) is 0 Å². The van der Waals surface area contributed by atoms with Crippen molar-refractivity contribution in [1.29, 1.82) is 5.26 Å². The van der Waals surface area contributed by atoms with E-state index in [4.69, 9.17) is 5.26 Å². The minimum absolute atomic E-state index is 0.389. The third-order valence-electron chi connectivity index (χ3n) is 2.18. The van der Waals surface area contributed by atoms with Crippen LogP contribution >= 0.6 is 0 Å². The summed E-state index contributed by atoms with van der Waals surface area (Å²) in [5.41, 5.74) is 0. The fourth-order valence-electron chi connectivity index (χ4n) is 1.38. The van der Waals surface area contributed by atoms with Gasteiger partial charge in [0.2, 0.25) is 0 Å². The Hall–Kier alpha value is -0.510. The molecule has 0 N–H and O–H groups in total. The molecular formula is C7H11N. The van der Waals surface area contributed by atoms with Crippen molar-refractivity contribution in [1.82, 2.24) is 0 Å². The summed E-state index contributed by atoms with van der Waals surface area (Å²) in [5, 5.41) is 8.43. The number of rotatable bonds is 1. The van der Waals surface area contributed by atoms with Crippen LogP contribution in [0, 0.1) is 29.1 Å². The van der Waals surface area contributed by atoms with Crippen LogP contribution in [0.4, 0.5) is 0 Å². The molecule has 2 unspecified atom stereocenters. The van der Waals surface area contributed by atoms with Crippen LogP contribution in [-0.2, 0) is 0 Å². The Bertz CT molecular complexity index is 123. The molecule has 1 fully saturated rings. The SMILES string of the molecule is CC[C@@H]1C(C)C1C#N. The van der Waals surface area contributed by atoms with Crippen molar-refractivity contribution < 1.29 is 0 Å². The molecule has 0 aromatic heterocycles. The molecule has 1 nitrogen and oxygen atoms in total. The van der Waals surface area contributed by atoms with Crippen LogP contribution in [-0.4, -0.2) is 0 Å². The van der Waals surface area contributed by atoms with Gasteiger partial charge < -0.3 is 0 Å². The van der Waals surface area contributed by atoms with E-state index in [1.807, 2.05) is 0 Å². The average Bonchev–Trinajstić information content (AvgIpc) is 2.40. The Labute approximate surface area is 50.3 Å². The zero-order valence-electron chi connectivity index (χ0n) is 5.39. The average molecular weight is 109 g/mol. The molecule has 1 heteroatoms. The minimum atomic E-state index is 0.389. The fraction of sp³-hybridized carbons (Fsp3) is 0.857. The Morgan fingerprint density at radius 2 is 2.25 bits per heavy atom. The van der Waals surface area contributed by atoms with Gasteiger partial charge in [0.15, 0.2) is 0 Å². The van der Waals surface area contributed by atoms with E-state index in [0.29, 0.717) is 11.8 Å². The van der Waals surface area contributed by atoms with Crippen molar-refractivity contribution in [2.45, 2.75) is 20.3 Å². The van der Waals surface area contributed by atoms with E-state index in [9.17, 15) is 0 Å². The van der Waals surface area contributed by atoms with Gasteiger partial charge in [0.05, 0.1) is 12.0 Å². The van der Waals surface area contributed by atoms with Gasteiger partial charge in [-0.25, -0.2) is 0 Å². The lowest BCUT2D eigenvalue weighted by molar-refractivity contribution is 0.717. The van der Waals surface area contributed by atoms with E-state index in [-0.39, 0.29) is 0 Å². The van der Waals surface area contributed by atoms with E-state index in [1.54, 1.807) is 0 Å². The molecule has 8 heavy (non-hydrogen) atoms. The van der Waals surface area contributed by atoms with Gasteiger partial charge in [-0.1, -0.05) is 20.3 Å². The summed E-state index contributed by atoms with van der Waals surface area (Å²) in [6, 6.07) is 2.29. The topological polar surface area (TPSA) is 23.8 Å². The highest BCUT2D eigenvalue weighted by molar-refractivity contribution is 5.05. The zero-order valence-corrected chi connectivity index (χ0v) is 5.39. The van der Waals surface area contributed by atoms with Crippen molar-refractivity contribution >= 4 is 0 Å². The molecule has 1 aliphatic rings. The summed E-state index contributed by atoms with van der Waals surface area (Å²) in [5.74, 6) is 1.80. The third kappa shape index (κ3) is 0.608. The first-order valence-corrected chi connectivity index (χ1v) is 3.20. The molecule has 44 valence electrons. The molecule has 0 bridgehead atoms. The standard InChI is InChI=1S/C7H11N/c1-3-6-5(2)7(6)4-8/h5-7H,3H2,1-2H3/t5?,6-,7?/m1/s1. The van der Waals surface area contributed by atoms with Crippen molar-refractivity contribution in [3.8, 4) is 6.07 Å². The first-order chi connectivity index (χ1) is 3.81. The molecule has 0 radical (unpaired) electrons. The lowest BCUT2D eigenvalue weighted by Crippen LogP contribution is -1.71. The summed E-state index contributed by atoms with van der Waals surface area (Å²) in [7, 11) is 0. The first kappa shape index (κ1) is 5.62. The Balaban J connectivity index is 2.37. The maximum absolute atomic E-state index is 8.43. The van der Waals surface area contributed by atoms with Gasteiger partial charge in [-0.3, -0.25) is 0 Å². The fourth-order valence-corrected chi connectivity index (χ4v) is 1.38. The van der Waals surface area contributed by atoms with Crippen molar-refractivity contribution in [3.63, 3.8) is 0 Å². The van der Waals surface area contributed by atoms with Crippen LogP contribution in [0.25, 0.3) is 0 Å². The zero-order chi connectivity index (χ0) is 6.15. The van der Waals surface area contributed by atoms with Gasteiger partial charge in [-0.05, 0) is 11.8 Å². The summed E-state index contributed by atoms with van der Waals surface area (Å²) >= 11 is 0. The molecule has 0 saturated heterocycles. The molecule has 1 aliphatic carbocycles. The van der Waals surface area contributed by atoms with Crippen LogP contribution in [0.3, 0.4) is 0 Å². The maximum atomic E-state index is 8.43. The van der Waals surface area contributed by atoms with E-state index in [2.05, 4.69) is 19.9 Å². The van der Waals surface area contributed by atoms with E-state index in [0.717, 1.165) is 5.92 Å². The van der Waals surface area contributed by atoms with Gasteiger partial charge in [0, 0.05) is 0 Å². The highest BCUT2D eigenvalue weighted by Gasteiger charge is 2.45. The van der Waals surface area contributed by atoms with Gasteiger partial charge in [0.1, 0.15) is 0 Å². The number of nitrogens with zero attached hydrogens (tertiary/aromatic N) is 1. The highest BCUT2D eigenvalue weighted by Crippen LogP contribution is 2.47. The molecule has 1 rings (SSSR count). The monoisotopic (exact) mass is 109 g/mol. The summed E-state index contributed by atoms with van der Waals surface area (Å²) in [6.07, 6.45) is 1.18. The molecule has 0 aromatic carbocycles. The Morgan fingerprint density at radius 1 is 1.62 bits per heavy atom. The van der Waals surface area contributed by atoms with Crippen LogP contribution in [0.5, 0.6) is 0 Å². The molecule has 3 atom stereocenters. The summed E-state index contributed by atoms with van der Waals surface area (Å²) in [6.45, 7) is 4.31. The second kappa shape index (κ2) is 1.78. The predicted molar refractivity (Wildman–Crippen MR) is 32.0 cm³/mol. The van der Waals surface area contributed by atoms with E-state index >= 15 is 0 Å². The van der Waals surface area contributed by atoms with Gasteiger partial charge in [-0.15, -0.1) is 0 Å². The number of hydrogen-bond donors (Lipinski definition) is 0. The molecule has 1 saturated carbocycles.